The van der Waals surface area contributed by atoms with Crippen LogP contribution in [0.15, 0.2) is 47.8 Å². The molecule has 0 radical (unpaired) electrons. The van der Waals surface area contributed by atoms with Crippen molar-refractivity contribution in [3.05, 3.63) is 48.4 Å². The lowest BCUT2D eigenvalue weighted by atomic mass is 10.1. The molecule has 2 N–H and O–H groups in total. The molecule has 1 aliphatic rings. The van der Waals surface area contributed by atoms with E-state index in [1.165, 1.54) is 23.9 Å². The van der Waals surface area contributed by atoms with Crippen LogP contribution < -0.4 is 5.32 Å². The second-order valence-electron chi connectivity index (χ2n) is 6.40. The number of ether oxygens (including phenoxy) is 1. The van der Waals surface area contributed by atoms with Crippen molar-refractivity contribution in [1.29, 1.82) is 0 Å². The number of H-pyrrole nitrogens is 1. The minimum absolute atomic E-state index is 0.187. The Labute approximate surface area is 165 Å². The molecular weight excluding hydrogens is 379 g/mol. The molecular formula is C20H19FN4O2S. The Bertz CT molecular complexity index is 984. The van der Waals surface area contributed by atoms with Gasteiger partial charge in [-0.2, -0.15) is 0 Å². The van der Waals surface area contributed by atoms with E-state index in [4.69, 9.17) is 4.74 Å². The van der Waals surface area contributed by atoms with Gasteiger partial charge in [-0.1, -0.05) is 11.8 Å². The van der Waals surface area contributed by atoms with Gasteiger partial charge in [0.25, 0.3) is 5.91 Å². The standard InChI is InChI=1S/C20H19FN4O2S/c1-28-20-24-17(12-4-6-14(21)7-5-12)18(25-20)13-8-9-22-16(11-13)23-19(26)15-3-2-10-27-15/h4-9,11,15H,2-3,10H2,1H3,(H,24,25)(H,22,23,26). The molecule has 0 bridgehead atoms. The lowest BCUT2D eigenvalue weighted by Crippen LogP contribution is -2.27. The third-order valence-corrected chi connectivity index (χ3v) is 5.10. The highest BCUT2D eigenvalue weighted by Gasteiger charge is 2.24. The van der Waals surface area contributed by atoms with Gasteiger partial charge < -0.3 is 15.0 Å². The molecule has 1 saturated heterocycles. The number of aromatic amines is 1. The van der Waals surface area contributed by atoms with Gasteiger partial charge in [-0.25, -0.2) is 14.4 Å². The number of thioether (sulfide) groups is 1. The monoisotopic (exact) mass is 398 g/mol. The van der Waals surface area contributed by atoms with Crippen molar-refractivity contribution in [1.82, 2.24) is 15.0 Å². The molecule has 3 aromatic rings. The molecule has 1 fully saturated rings. The first-order valence-electron chi connectivity index (χ1n) is 8.93. The predicted molar refractivity (Wildman–Crippen MR) is 107 cm³/mol. The van der Waals surface area contributed by atoms with Crippen molar-refractivity contribution in [2.75, 3.05) is 18.2 Å². The summed E-state index contributed by atoms with van der Waals surface area (Å²) in [5, 5.41) is 3.56. The van der Waals surface area contributed by atoms with Gasteiger partial charge in [0.2, 0.25) is 0 Å². The lowest BCUT2D eigenvalue weighted by Gasteiger charge is -2.10. The van der Waals surface area contributed by atoms with Crippen molar-refractivity contribution in [2.24, 2.45) is 0 Å². The van der Waals surface area contributed by atoms with Crippen molar-refractivity contribution >= 4 is 23.5 Å². The number of amides is 1. The van der Waals surface area contributed by atoms with Crippen LogP contribution in [0.2, 0.25) is 0 Å². The molecule has 3 heterocycles. The molecule has 1 atom stereocenters. The summed E-state index contributed by atoms with van der Waals surface area (Å²) in [6.07, 6.45) is 4.74. The van der Waals surface area contributed by atoms with Crippen molar-refractivity contribution in [2.45, 2.75) is 24.1 Å². The molecule has 28 heavy (non-hydrogen) atoms. The van der Waals surface area contributed by atoms with Crippen LogP contribution in [-0.4, -0.2) is 39.8 Å². The number of carbonyl (C=O) groups is 1. The van der Waals surface area contributed by atoms with Crippen molar-refractivity contribution in [3.63, 3.8) is 0 Å². The highest BCUT2D eigenvalue weighted by molar-refractivity contribution is 7.98. The van der Waals surface area contributed by atoms with Gasteiger partial charge in [-0.15, -0.1) is 0 Å². The maximum Gasteiger partial charge on any atom is 0.254 e. The first-order valence-corrected chi connectivity index (χ1v) is 10.2. The molecule has 8 heteroatoms. The third-order valence-electron chi connectivity index (χ3n) is 4.52. The Morgan fingerprint density at radius 2 is 2.11 bits per heavy atom. The van der Waals surface area contributed by atoms with Crippen LogP contribution in [0, 0.1) is 5.82 Å². The van der Waals surface area contributed by atoms with Crippen LogP contribution in [0.5, 0.6) is 0 Å². The second kappa shape index (κ2) is 8.12. The van der Waals surface area contributed by atoms with Crippen molar-refractivity contribution in [3.8, 4) is 22.5 Å². The van der Waals surface area contributed by atoms with Gasteiger partial charge in [-0.3, -0.25) is 4.79 Å². The Balaban J connectivity index is 1.66. The zero-order valence-corrected chi connectivity index (χ0v) is 16.1. The number of hydrogen-bond acceptors (Lipinski definition) is 5. The number of anilines is 1. The summed E-state index contributed by atoms with van der Waals surface area (Å²) in [6.45, 7) is 0.608. The fourth-order valence-electron chi connectivity index (χ4n) is 3.12. The van der Waals surface area contributed by atoms with Crippen LogP contribution >= 0.6 is 11.8 Å². The number of pyridine rings is 1. The van der Waals surface area contributed by atoms with Gasteiger partial charge >= 0.3 is 0 Å². The summed E-state index contributed by atoms with van der Waals surface area (Å²) in [5.41, 5.74) is 3.12. The van der Waals surface area contributed by atoms with Gasteiger partial charge in [-0.05, 0) is 55.5 Å². The van der Waals surface area contributed by atoms with Crippen LogP contribution in [-0.2, 0) is 9.53 Å². The van der Waals surface area contributed by atoms with E-state index in [1.807, 2.05) is 12.3 Å². The minimum Gasteiger partial charge on any atom is -0.368 e. The van der Waals surface area contributed by atoms with Crippen LogP contribution in [0.3, 0.4) is 0 Å². The Kier molecular flexibility index (Phi) is 5.40. The zero-order valence-electron chi connectivity index (χ0n) is 15.2. The average Bonchev–Trinajstić information content (AvgIpc) is 3.39. The van der Waals surface area contributed by atoms with E-state index in [1.54, 1.807) is 24.4 Å². The second-order valence-corrected chi connectivity index (χ2v) is 7.19. The molecule has 1 aromatic carbocycles. The maximum atomic E-state index is 13.3. The zero-order chi connectivity index (χ0) is 19.5. The molecule has 1 unspecified atom stereocenters. The maximum absolute atomic E-state index is 13.3. The third kappa shape index (κ3) is 3.93. The van der Waals surface area contributed by atoms with E-state index < -0.39 is 6.10 Å². The molecule has 6 nitrogen and oxygen atoms in total. The highest BCUT2D eigenvalue weighted by atomic mass is 32.2. The fraction of sp³-hybridized carbons (Fsp3) is 0.250. The van der Waals surface area contributed by atoms with Gasteiger partial charge in [0.05, 0.1) is 11.4 Å². The quantitative estimate of drug-likeness (QED) is 0.632. The fourth-order valence-corrected chi connectivity index (χ4v) is 3.51. The highest BCUT2D eigenvalue weighted by Crippen LogP contribution is 2.33. The number of imidazole rings is 1. The number of aromatic nitrogens is 3. The van der Waals surface area contributed by atoms with Crippen LogP contribution in [0.1, 0.15) is 12.8 Å². The van der Waals surface area contributed by atoms with Crippen LogP contribution in [0.4, 0.5) is 10.2 Å². The first kappa shape index (κ1) is 18.6. The first-order chi connectivity index (χ1) is 13.6. The Morgan fingerprint density at radius 3 is 2.82 bits per heavy atom. The van der Waals surface area contributed by atoms with E-state index in [2.05, 4.69) is 20.3 Å². The summed E-state index contributed by atoms with van der Waals surface area (Å²) in [5.74, 6) is -0.0394. The molecule has 1 aliphatic heterocycles. The number of benzene rings is 1. The summed E-state index contributed by atoms with van der Waals surface area (Å²) < 4.78 is 18.7. The summed E-state index contributed by atoms with van der Waals surface area (Å²) in [6, 6.07) is 9.85. The van der Waals surface area contributed by atoms with E-state index in [9.17, 15) is 9.18 Å². The number of nitrogens with zero attached hydrogens (tertiary/aromatic N) is 2. The average molecular weight is 398 g/mol. The summed E-state index contributed by atoms with van der Waals surface area (Å²) in [7, 11) is 0. The molecule has 1 amide bonds. The Hall–Kier alpha value is -2.71. The Morgan fingerprint density at radius 1 is 1.29 bits per heavy atom. The molecule has 0 saturated carbocycles. The normalized spacial score (nSPS) is 16.3. The van der Waals surface area contributed by atoms with Crippen LogP contribution in [0.25, 0.3) is 22.5 Å². The number of nitrogens with one attached hydrogen (secondary N) is 2. The lowest BCUT2D eigenvalue weighted by molar-refractivity contribution is -0.124. The molecule has 0 aliphatic carbocycles. The minimum atomic E-state index is -0.422. The molecule has 0 spiro atoms. The van der Waals surface area contributed by atoms with E-state index >= 15 is 0 Å². The summed E-state index contributed by atoms with van der Waals surface area (Å²) in [4.78, 5) is 24.4. The number of carbonyl (C=O) groups excluding carboxylic acids is 1. The van der Waals surface area contributed by atoms with E-state index in [-0.39, 0.29) is 11.7 Å². The van der Waals surface area contributed by atoms with Gasteiger partial charge in [0.1, 0.15) is 17.7 Å². The molecule has 2 aromatic heterocycles. The SMILES string of the molecule is CSc1nc(-c2ccnc(NC(=O)C3CCCO3)c2)c(-c2ccc(F)cc2)[nH]1. The number of rotatable bonds is 5. The topological polar surface area (TPSA) is 79.9 Å². The van der Waals surface area contributed by atoms with E-state index in [0.717, 1.165) is 34.8 Å². The predicted octanol–water partition coefficient (Wildman–Crippen LogP) is 4.12. The molecule has 144 valence electrons. The van der Waals surface area contributed by atoms with E-state index in [0.29, 0.717) is 18.1 Å². The smallest absolute Gasteiger partial charge is 0.254 e. The number of hydrogen-bond donors (Lipinski definition) is 2. The largest absolute Gasteiger partial charge is 0.368 e. The van der Waals surface area contributed by atoms with Gasteiger partial charge in [0, 0.05) is 23.9 Å². The molecule has 4 rings (SSSR count). The number of halogens is 1. The van der Waals surface area contributed by atoms with Gasteiger partial charge in [0.15, 0.2) is 5.16 Å². The summed E-state index contributed by atoms with van der Waals surface area (Å²) >= 11 is 1.49. The van der Waals surface area contributed by atoms with Crippen molar-refractivity contribution < 1.29 is 13.9 Å².